The van der Waals surface area contributed by atoms with Gasteiger partial charge >= 0.3 is 0 Å². The quantitative estimate of drug-likeness (QED) is 0.875. The minimum atomic E-state index is -0.211. The summed E-state index contributed by atoms with van der Waals surface area (Å²) in [7, 11) is 0. The molecule has 0 unspecified atom stereocenters. The third-order valence-corrected chi connectivity index (χ3v) is 3.26. The van der Waals surface area contributed by atoms with Crippen molar-refractivity contribution in [3.63, 3.8) is 0 Å². The molecule has 0 saturated carbocycles. The Morgan fingerprint density at radius 1 is 1.42 bits per heavy atom. The first kappa shape index (κ1) is 13.4. The van der Waals surface area contributed by atoms with Crippen LogP contribution in [0.2, 0.25) is 0 Å². The van der Waals surface area contributed by atoms with E-state index in [4.69, 9.17) is 4.74 Å². The summed E-state index contributed by atoms with van der Waals surface area (Å²) in [6.45, 7) is 3.98. The van der Waals surface area contributed by atoms with Gasteiger partial charge in [0.15, 0.2) is 6.61 Å². The smallest absolute Gasteiger partial charge is 0.262 e. The molecule has 1 aromatic carbocycles. The van der Waals surface area contributed by atoms with Crippen molar-refractivity contribution in [2.45, 2.75) is 26.7 Å². The summed E-state index contributed by atoms with van der Waals surface area (Å²) in [6.07, 6.45) is 1.58. The first-order valence-corrected chi connectivity index (χ1v) is 6.52. The molecule has 2 amide bonds. The summed E-state index contributed by atoms with van der Waals surface area (Å²) in [5.74, 6) is 0.327. The summed E-state index contributed by atoms with van der Waals surface area (Å²) in [5.41, 5.74) is 1.13. The van der Waals surface area contributed by atoms with E-state index in [9.17, 15) is 9.59 Å². The number of para-hydroxylation sites is 1. The van der Waals surface area contributed by atoms with Crippen LogP contribution in [0.15, 0.2) is 18.2 Å². The van der Waals surface area contributed by atoms with Gasteiger partial charge in [-0.15, -0.1) is 0 Å². The number of benzene rings is 1. The number of fused-ring (bicyclic) bond motifs is 1. The minimum absolute atomic E-state index is 0.0109. The van der Waals surface area contributed by atoms with E-state index in [1.165, 1.54) is 0 Å². The fourth-order valence-corrected chi connectivity index (χ4v) is 2.10. The molecule has 0 bridgehead atoms. The highest BCUT2D eigenvalue weighted by molar-refractivity contribution is 6.03. The van der Waals surface area contributed by atoms with Gasteiger partial charge in [0, 0.05) is 5.92 Å². The fraction of sp³-hybridized carbons (Fsp3) is 0.429. The van der Waals surface area contributed by atoms with Crippen LogP contribution in [-0.4, -0.2) is 18.4 Å². The van der Waals surface area contributed by atoms with Gasteiger partial charge in [-0.2, -0.15) is 0 Å². The average Bonchev–Trinajstić information content (AvgIpc) is 2.41. The van der Waals surface area contributed by atoms with E-state index in [1.54, 1.807) is 18.2 Å². The number of hydrogen-bond donors (Lipinski definition) is 2. The van der Waals surface area contributed by atoms with Crippen LogP contribution in [0.4, 0.5) is 11.4 Å². The zero-order valence-corrected chi connectivity index (χ0v) is 11.2. The number of rotatable bonds is 4. The molecule has 0 fully saturated rings. The Balaban J connectivity index is 2.21. The lowest BCUT2D eigenvalue weighted by Crippen LogP contribution is -2.28. The molecule has 5 heteroatoms. The molecule has 1 aliphatic rings. The maximum Gasteiger partial charge on any atom is 0.262 e. The number of carbonyl (C=O) groups is 2. The molecule has 1 heterocycles. The van der Waals surface area contributed by atoms with Crippen LogP contribution in [0.1, 0.15) is 26.7 Å². The van der Waals surface area contributed by atoms with Crippen molar-refractivity contribution in [2.75, 3.05) is 17.2 Å². The summed E-state index contributed by atoms with van der Waals surface area (Å²) >= 11 is 0. The molecular weight excluding hydrogens is 244 g/mol. The van der Waals surface area contributed by atoms with Crippen LogP contribution in [0, 0.1) is 5.92 Å². The number of anilines is 2. The van der Waals surface area contributed by atoms with Gasteiger partial charge < -0.3 is 15.4 Å². The second-order valence-electron chi connectivity index (χ2n) is 4.52. The van der Waals surface area contributed by atoms with Crippen LogP contribution in [0.3, 0.4) is 0 Å². The Bertz CT molecular complexity index is 495. The standard InChI is InChI=1S/C14H18N2O3/c1-3-9(4-2)14(18)15-10-6-5-7-11-13(10)16-12(17)8-19-11/h5-7,9H,3-4,8H2,1-2H3,(H,15,18)(H,16,17). The normalized spacial score (nSPS) is 13.5. The highest BCUT2D eigenvalue weighted by Gasteiger charge is 2.21. The summed E-state index contributed by atoms with van der Waals surface area (Å²) < 4.78 is 5.31. The topological polar surface area (TPSA) is 67.4 Å². The van der Waals surface area contributed by atoms with Gasteiger partial charge in [0.25, 0.3) is 5.91 Å². The van der Waals surface area contributed by atoms with E-state index in [0.717, 1.165) is 12.8 Å². The predicted molar refractivity (Wildman–Crippen MR) is 73.3 cm³/mol. The predicted octanol–water partition coefficient (Wildman–Crippen LogP) is 2.39. The van der Waals surface area contributed by atoms with Crippen molar-refractivity contribution >= 4 is 23.2 Å². The Morgan fingerprint density at radius 3 is 2.84 bits per heavy atom. The highest BCUT2D eigenvalue weighted by Crippen LogP contribution is 2.35. The van der Waals surface area contributed by atoms with Crippen molar-refractivity contribution in [1.29, 1.82) is 0 Å². The number of ether oxygens (including phenoxy) is 1. The maximum atomic E-state index is 12.1. The zero-order valence-electron chi connectivity index (χ0n) is 11.2. The van der Waals surface area contributed by atoms with Gasteiger partial charge in [-0.05, 0) is 25.0 Å². The molecule has 102 valence electrons. The van der Waals surface area contributed by atoms with E-state index >= 15 is 0 Å². The summed E-state index contributed by atoms with van der Waals surface area (Å²) in [5, 5.41) is 5.59. The Kier molecular flexibility index (Phi) is 4.04. The van der Waals surface area contributed by atoms with Crippen LogP contribution < -0.4 is 15.4 Å². The second-order valence-corrected chi connectivity index (χ2v) is 4.52. The number of amides is 2. The van der Waals surface area contributed by atoms with Crippen molar-refractivity contribution < 1.29 is 14.3 Å². The molecule has 0 aliphatic carbocycles. The van der Waals surface area contributed by atoms with Crippen LogP contribution in [0.25, 0.3) is 0 Å². The van der Waals surface area contributed by atoms with E-state index < -0.39 is 0 Å². The first-order valence-electron chi connectivity index (χ1n) is 6.52. The maximum absolute atomic E-state index is 12.1. The van der Waals surface area contributed by atoms with Crippen molar-refractivity contribution in [1.82, 2.24) is 0 Å². The fourth-order valence-electron chi connectivity index (χ4n) is 2.10. The average molecular weight is 262 g/mol. The third-order valence-electron chi connectivity index (χ3n) is 3.26. The molecular formula is C14H18N2O3. The van der Waals surface area contributed by atoms with Gasteiger partial charge in [-0.3, -0.25) is 9.59 Å². The Hall–Kier alpha value is -2.04. The van der Waals surface area contributed by atoms with Crippen molar-refractivity contribution in [3.8, 4) is 5.75 Å². The van der Waals surface area contributed by atoms with Gasteiger partial charge in [-0.25, -0.2) is 0 Å². The molecule has 0 saturated heterocycles. The molecule has 5 nitrogen and oxygen atoms in total. The summed E-state index contributed by atoms with van der Waals surface area (Å²) in [6, 6.07) is 5.31. The van der Waals surface area contributed by atoms with E-state index in [0.29, 0.717) is 17.1 Å². The molecule has 2 N–H and O–H groups in total. The summed E-state index contributed by atoms with van der Waals surface area (Å²) in [4.78, 5) is 23.4. The largest absolute Gasteiger partial charge is 0.481 e. The molecule has 1 aliphatic heterocycles. The number of carbonyl (C=O) groups excluding carboxylic acids is 2. The SMILES string of the molecule is CCC(CC)C(=O)Nc1cccc2c1NC(=O)CO2. The number of hydrogen-bond acceptors (Lipinski definition) is 3. The van der Waals surface area contributed by atoms with E-state index in [2.05, 4.69) is 10.6 Å². The van der Waals surface area contributed by atoms with Gasteiger partial charge in [0.05, 0.1) is 5.69 Å². The van der Waals surface area contributed by atoms with Crippen molar-refractivity contribution in [2.24, 2.45) is 5.92 Å². The first-order chi connectivity index (χ1) is 9.15. The van der Waals surface area contributed by atoms with Crippen LogP contribution >= 0.6 is 0 Å². The molecule has 2 rings (SSSR count). The Labute approximate surface area is 112 Å². The molecule has 0 atom stereocenters. The Morgan fingerprint density at radius 2 is 2.16 bits per heavy atom. The van der Waals surface area contributed by atoms with Crippen molar-refractivity contribution in [3.05, 3.63) is 18.2 Å². The molecule has 0 spiro atoms. The second kappa shape index (κ2) is 5.73. The molecule has 19 heavy (non-hydrogen) atoms. The lowest BCUT2D eigenvalue weighted by atomic mass is 10.0. The molecule has 1 aromatic rings. The zero-order chi connectivity index (χ0) is 13.8. The number of nitrogens with one attached hydrogen (secondary N) is 2. The molecule has 0 radical (unpaired) electrons. The van der Waals surface area contributed by atoms with E-state index in [1.807, 2.05) is 13.8 Å². The van der Waals surface area contributed by atoms with Crippen LogP contribution in [0.5, 0.6) is 5.75 Å². The van der Waals surface area contributed by atoms with Gasteiger partial charge in [0.2, 0.25) is 5.91 Å². The van der Waals surface area contributed by atoms with Crippen LogP contribution in [-0.2, 0) is 9.59 Å². The highest BCUT2D eigenvalue weighted by atomic mass is 16.5. The van der Waals surface area contributed by atoms with E-state index in [-0.39, 0.29) is 24.3 Å². The molecule has 0 aromatic heterocycles. The lowest BCUT2D eigenvalue weighted by Gasteiger charge is -2.22. The third kappa shape index (κ3) is 2.86. The lowest BCUT2D eigenvalue weighted by molar-refractivity contribution is -0.120. The van der Waals surface area contributed by atoms with Gasteiger partial charge in [-0.1, -0.05) is 19.9 Å². The van der Waals surface area contributed by atoms with Gasteiger partial charge in [0.1, 0.15) is 11.4 Å². The monoisotopic (exact) mass is 262 g/mol. The minimum Gasteiger partial charge on any atom is -0.481 e.